The highest BCUT2D eigenvalue weighted by molar-refractivity contribution is 6.22. The van der Waals surface area contributed by atoms with E-state index in [0.29, 0.717) is 0 Å². The van der Waals surface area contributed by atoms with Gasteiger partial charge in [-0.05, 0) is 116 Å². The molecule has 0 aliphatic carbocycles. The van der Waals surface area contributed by atoms with Crippen molar-refractivity contribution >= 4 is 77.6 Å². The van der Waals surface area contributed by atoms with Crippen molar-refractivity contribution in [1.29, 1.82) is 0 Å². The monoisotopic (exact) mass is 830 g/mol. The average Bonchev–Trinajstić information content (AvgIpc) is 3.79. The van der Waals surface area contributed by atoms with E-state index in [1.54, 1.807) is 0 Å². The fourth-order valence-corrected chi connectivity index (χ4v) is 9.65. The van der Waals surface area contributed by atoms with Crippen LogP contribution in [0.1, 0.15) is 0 Å². The molecule has 1 aromatic heterocycles. The van der Waals surface area contributed by atoms with E-state index >= 15 is 0 Å². The largest absolute Gasteiger partial charge is 0.453 e. The molecular formula is C62H42N2O. The maximum absolute atomic E-state index is 7.35. The van der Waals surface area contributed by atoms with Crippen molar-refractivity contribution in [2.75, 3.05) is 9.80 Å². The van der Waals surface area contributed by atoms with Crippen LogP contribution in [-0.4, -0.2) is 0 Å². The summed E-state index contributed by atoms with van der Waals surface area (Å²) < 4.78 is 7.35. The van der Waals surface area contributed by atoms with E-state index in [-0.39, 0.29) is 0 Å². The van der Waals surface area contributed by atoms with Crippen LogP contribution in [0.5, 0.6) is 0 Å². The van der Waals surface area contributed by atoms with Crippen molar-refractivity contribution in [2.24, 2.45) is 0 Å². The van der Waals surface area contributed by atoms with E-state index in [0.717, 1.165) is 78.0 Å². The Balaban J connectivity index is 1.11. The molecule has 1 heterocycles. The molecule has 0 fully saturated rings. The quantitative estimate of drug-likeness (QED) is 0.144. The fraction of sp³-hybridized carbons (Fsp3) is 0. The lowest BCUT2D eigenvalue weighted by Crippen LogP contribution is -2.13. The minimum atomic E-state index is 0.805. The predicted molar refractivity (Wildman–Crippen MR) is 274 cm³/mol. The van der Waals surface area contributed by atoms with E-state index in [2.05, 4.69) is 265 Å². The second-order valence-corrected chi connectivity index (χ2v) is 16.5. The van der Waals surface area contributed by atoms with Crippen LogP contribution < -0.4 is 9.80 Å². The molecule has 3 heteroatoms. The number of rotatable bonds is 9. The zero-order valence-corrected chi connectivity index (χ0v) is 35.6. The van der Waals surface area contributed by atoms with Crippen LogP contribution in [0, 0.1) is 0 Å². The maximum atomic E-state index is 7.35. The topological polar surface area (TPSA) is 19.6 Å². The molecule has 0 aliphatic heterocycles. The number of furan rings is 1. The van der Waals surface area contributed by atoms with Gasteiger partial charge in [0.25, 0.3) is 0 Å². The molecule has 0 saturated carbocycles. The number of nitrogens with zero attached hydrogens (tertiary/aromatic N) is 2. The predicted octanol–water partition coefficient (Wildman–Crippen LogP) is 17.8. The van der Waals surface area contributed by atoms with Gasteiger partial charge in [-0.25, -0.2) is 0 Å². The Morgan fingerprint density at radius 3 is 1.38 bits per heavy atom. The first-order chi connectivity index (χ1) is 32.3. The van der Waals surface area contributed by atoms with Gasteiger partial charge in [-0.3, -0.25) is 0 Å². The van der Waals surface area contributed by atoms with Crippen molar-refractivity contribution in [1.82, 2.24) is 0 Å². The zero-order valence-electron chi connectivity index (χ0n) is 35.6. The molecule has 11 aromatic carbocycles. The van der Waals surface area contributed by atoms with Gasteiger partial charge in [0.1, 0.15) is 5.58 Å². The summed E-state index contributed by atoms with van der Waals surface area (Å²) in [6, 6.07) is 91.2. The molecule has 0 unspecified atom stereocenters. The van der Waals surface area contributed by atoms with Gasteiger partial charge in [-0.15, -0.1) is 0 Å². The zero-order chi connectivity index (χ0) is 43.1. The molecule has 3 nitrogen and oxygen atoms in total. The van der Waals surface area contributed by atoms with Gasteiger partial charge < -0.3 is 14.2 Å². The molecule has 306 valence electrons. The van der Waals surface area contributed by atoms with Crippen molar-refractivity contribution in [3.05, 3.63) is 255 Å². The van der Waals surface area contributed by atoms with E-state index in [9.17, 15) is 0 Å². The second kappa shape index (κ2) is 16.2. The highest BCUT2D eigenvalue weighted by atomic mass is 16.3. The summed E-state index contributed by atoms with van der Waals surface area (Å²) in [7, 11) is 0. The molecule has 12 rings (SSSR count). The lowest BCUT2D eigenvalue weighted by Gasteiger charge is -2.29. The fourth-order valence-electron chi connectivity index (χ4n) is 9.65. The molecule has 0 aliphatic rings. The third-order valence-electron chi connectivity index (χ3n) is 12.6. The van der Waals surface area contributed by atoms with Crippen LogP contribution in [0.3, 0.4) is 0 Å². The van der Waals surface area contributed by atoms with Gasteiger partial charge in [0.2, 0.25) is 0 Å². The van der Waals surface area contributed by atoms with Gasteiger partial charge in [-0.1, -0.05) is 188 Å². The molecular weight excluding hydrogens is 789 g/mol. The summed E-state index contributed by atoms with van der Waals surface area (Å²) in [6.07, 6.45) is 0. The van der Waals surface area contributed by atoms with Crippen LogP contribution in [0.15, 0.2) is 259 Å². The van der Waals surface area contributed by atoms with Crippen molar-refractivity contribution in [3.63, 3.8) is 0 Å². The summed E-state index contributed by atoms with van der Waals surface area (Å²) in [5.41, 5.74) is 14.8. The van der Waals surface area contributed by atoms with E-state index in [4.69, 9.17) is 4.42 Å². The normalized spacial score (nSPS) is 11.4. The Morgan fingerprint density at radius 2 is 0.708 bits per heavy atom. The van der Waals surface area contributed by atoms with Gasteiger partial charge in [0, 0.05) is 33.5 Å². The van der Waals surface area contributed by atoms with Crippen molar-refractivity contribution in [2.45, 2.75) is 0 Å². The van der Waals surface area contributed by atoms with Crippen molar-refractivity contribution < 1.29 is 4.42 Å². The van der Waals surface area contributed by atoms with E-state index in [1.807, 2.05) is 0 Å². The minimum Gasteiger partial charge on any atom is -0.453 e. The number of fused-ring (bicyclic) bond motifs is 6. The van der Waals surface area contributed by atoms with Crippen molar-refractivity contribution in [3.8, 4) is 33.4 Å². The molecule has 0 spiro atoms. The number of anilines is 6. The lowest BCUT2D eigenvalue weighted by atomic mass is 9.94. The number of hydrogen-bond donors (Lipinski definition) is 0. The Morgan fingerprint density at radius 1 is 0.262 bits per heavy atom. The number of hydrogen-bond acceptors (Lipinski definition) is 3. The molecule has 0 N–H and O–H groups in total. The highest BCUT2D eigenvalue weighted by Crippen LogP contribution is 2.50. The van der Waals surface area contributed by atoms with Crippen LogP contribution in [0.2, 0.25) is 0 Å². The van der Waals surface area contributed by atoms with Crippen LogP contribution >= 0.6 is 0 Å². The third kappa shape index (κ3) is 6.78. The minimum absolute atomic E-state index is 0.805. The Kier molecular flexibility index (Phi) is 9.50. The number of benzene rings is 11. The summed E-state index contributed by atoms with van der Waals surface area (Å²) in [5.74, 6) is 0. The average molecular weight is 831 g/mol. The highest BCUT2D eigenvalue weighted by Gasteiger charge is 2.26. The molecule has 0 amide bonds. The smallest absolute Gasteiger partial charge is 0.161 e. The SMILES string of the molecule is c1ccc(-c2ccccc2-c2cccc(N(c3ccccc3)c3ccc(N(c4ccccc4)c4cccc(-c5cccc6ccccc56)c4)c4oc5c6ccccc6ccc5c34)c2)cc1. The third-order valence-corrected chi connectivity index (χ3v) is 12.6. The second-order valence-electron chi connectivity index (χ2n) is 16.5. The molecule has 0 saturated heterocycles. The Labute approximate surface area is 378 Å². The molecule has 65 heavy (non-hydrogen) atoms. The molecule has 0 radical (unpaired) electrons. The van der Waals surface area contributed by atoms with E-state index < -0.39 is 0 Å². The van der Waals surface area contributed by atoms with Gasteiger partial charge >= 0.3 is 0 Å². The maximum Gasteiger partial charge on any atom is 0.161 e. The summed E-state index contributed by atoms with van der Waals surface area (Å²) in [6.45, 7) is 0. The standard InChI is InChI=1S/C62H42N2O/c1-4-19-43(20-5-1)52-33-14-15-34-54(52)46-24-16-30-50(41-46)63(48-26-6-2-7-27-48)58-39-40-59(62-60(58)57-38-37-45-22-11-13-35-56(45)61(57)65-62)64(49-28-8-3-9-29-49)51-31-17-25-47(42-51)55-36-18-23-44-21-10-12-32-53(44)55/h1-42H. The van der Waals surface area contributed by atoms with Gasteiger partial charge in [0.05, 0.1) is 16.8 Å². The van der Waals surface area contributed by atoms with Crippen LogP contribution in [-0.2, 0) is 0 Å². The summed E-state index contributed by atoms with van der Waals surface area (Å²) in [5, 5.41) is 6.74. The van der Waals surface area contributed by atoms with Crippen LogP contribution in [0.4, 0.5) is 34.1 Å². The molecule has 0 atom stereocenters. The van der Waals surface area contributed by atoms with E-state index in [1.165, 1.54) is 33.0 Å². The Hall–Kier alpha value is -8.66. The lowest BCUT2D eigenvalue weighted by molar-refractivity contribution is 0.673. The number of para-hydroxylation sites is 2. The summed E-state index contributed by atoms with van der Waals surface area (Å²) >= 11 is 0. The summed E-state index contributed by atoms with van der Waals surface area (Å²) in [4.78, 5) is 4.73. The molecule has 12 aromatic rings. The first kappa shape index (κ1) is 38.0. The van der Waals surface area contributed by atoms with Gasteiger partial charge in [-0.2, -0.15) is 0 Å². The Bertz CT molecular complexity index is 3670. The first-order valence-electron chi connectivity index (χ1n) is 22.2. The van der Waals surface area contributed by atoms with Crippen LogP contribution in [0.25, 0.3) is 76.9 Å². The van der Waals surface area contributed by atoms with Gasteiger partial charge in [0.15, 0.2) is 5.58 Å². The molecule has 0 bridgehead atoms. The first-order valence-corrected chi connectivity index (χ1v) is 22.2.